The van der Waals surface area contributed by atoms with E-state index in [9.17, 15) is 9.18 Å². The van der Waals surface area contributed by atoms with Gasteiger partial charge < -0.3 is 24.3 Å². The normalized spacial score (nSPS) is 14.9. The smallest absolute Gasteiger partial charge is 0.218 e. The van der Waals surface area contributed by atoms with Crippen molar-refractivity contribution < 1.29 is 18.7 Å². The molecule has 0 bridgehead atoms. The van der Waals surface area contributed by atoms with Gasteiger partial charge in [-0.3, -0.25) is 4.79 Å². The van der Waals surface area contributed by atoms with Crippen molar-refractivity contribution in [3.05, 3.63) is 60.0 Å². The highest BCUT2D eigenvalue weighted by molar-refractivity contribution is 5.74. The first-order valence-electron chi connectivity index (χ1n) is 12.4. The fraction of sp³-hybridized carbons (Fsp3) is 0.429. The molecule has 1 aromatic heterocycles. The van der Waals surface area contributed by atoms with Gasteiger partial charge in [-0.2, -0.15) is 0 Å². The molecule has 8 heteroatoms. The Kier molecular flexibility index (Phi) is 8.06. The molecule has 2 heterocycles. The Balaban J connectivity index is 1.62. The molecule has 0 atom stereocenters. The molecule has 1 N–H and O–H groups in total. The lowest BCUT2D eigenvalue weighted by molar-refractivity contribution is -0.121. The van der Waals surface area contributed by atoms with Crippen LogP contribution in [-0.2, 0) is 21.6 Å². The first kappa shape index (κ1) is 25.9. The van der Waals surface area contributed by atoms with E-state index in [0.717, 1.165) is 56.9 Å². The van der Waals surface area contributed by atoms with E-state index in [-0.39, 0.29) is 11.7 Å². The van der Waals surface area contributed by atoms with Crippen LogP contribution in [0.5, 0.6) is 5.75 Å². The van der Waals surface area contributed by atoms with Crippen molar-refractivity contribution >= 4 is 5.91 Å². The minimum atomic E-state index is -0.759. The van der Waals surface area contributed by atoms with Crippen molar-refractivity contribution in [3.8, 4) is 28.4 Å². The van der Waals surface area contributed by atoms with Crippen LogP contribution >= 0.6 is 0 Å². The summed E-state index contributed by atoms with van der Waals surface area (Å²) in [6.07, 6.45) is 3.98. The topological polar surface area (TPSA) is 68.6 Å². The second-order valence-electron chi connectivity index (χ2n) is 9.66. The number of hydrogen-bond acceptors (Lipinski definition) is 5. The molecule has 192 valence electrons. The van der Waals surface area contributed by atoms with Gasteiger partial charge in [0, 0.05) is 50.5 Å². The summed E-state index contributed by atoms with van der Waals surface area (Å²) in [6, 6.07) is 13.1. The molecule has 1 fully saturated rings. The van der Waals surface area contributed by atoms with Gasteiger partial charge in [0.05, 0.1) is 19.4 Å². The molecule has 36 heavy (non-hydrogen) atoms. The van der Waals surface area contributed by atoms with Crippen LogP contribution in [0.1, 0.15) is 32.8 Å². The largest absolute Gasteiger partial charge is 0.494 e. The van der Waals surface area contributed by atoms with Gasteiger partial charge in [-0.15, -0.1) is 0 Å². The number of benzene rings is 2. The van der Waals surface area contributed by atoms with Crippen molar-refractivity contribution in [2.24, 2.45) is 0 Å². The second-order valence-corrected chi connectivity index (χ2v) is 9.66. The highest BCUT2D eigenvalue weighted by Gasteiger charge is 2.26. The molecule has 0 radical (unpaired) electrons. The number of nitrogens with zero attached hydrogens (tertiary/aromatic N) is 3. The molecule has 4 rings (SSSR count). The molecule has 0 saturated carbocycles. The van der Waals surface area contributed by atoms with Gasteiger partial charge in [-0.05, 0) is 50.5 Å². The number of carbonyl (C=O) groups is 1. The Hall–Kier alpha value is -3.23. The number of hydrogen-bond donors (Lipinski definition) is 1. The summed E-state index contributed by atoms with van der Waals surface area (Å²) in [5.74, 6) is 0.151. The molecule has 0 spiro atoms. The van der Waals surface area contributed by atoms with Crippen LogP contribution in [-0.4, -0.2) is 60.3 Å². The van der Waals surface area contributed by atoms with E-state index in [0.29, 0.717) is 11.4 Å². The molecule has 1 aliphatic heterocycles. The van der Waals surface area contributed by atoms with Crippen LogP contribution in [0.4, 0.5) is 4.39 Å². The van der Waals surface area contributed by atoms with Crippen molar-refractivity contribution in [3.63, 3.8) is 0 Å². The molecule has 2 aromatic carbocycles. The lowest BCUT2D eigenvalue weighted by atomic mass is 10.1. The van der Waals surface area contributed by atoms with Crippen molar-refractivity contribution in [2.75, 3.05) is 40.0 Å². The Morgan fingerprint density at radius 2 is 1.89 bits per heavy atom. The van der Waals surface area contributed by atoms with E-state index >= 15 is 0 Å². The van der Waals surface area contributed by atoms with Crippen LogP contribution in [0.15, 0.2) is 48.7 Å². The summed E-state index contributed by atoms with van der Waals surface area (Å²) < 4.78 is 26.7. The second kappa shape index (κ2) is 11.2. The first-order chi connectivity index (χ1) is 17.3. The molecule has 1 saturated heterocycles. The summed E-state index contributed by atoms with van der Waals surface area (Å²) >= 11 is 0. The fourth-order valence-electron chi connectivity index (χ4n) is 4.59. The molecule has 1 aliphatic rings. The number of carbonyl (C=O) groups excluding carboxylic acids is 1. The third-order valence-electron chi connectivity index (χ3n) is 6.48. The van der Waals surface area contributed by atoms with Gasteiger partial charge >= 0.3 is 0 Å². The zero-order valence-corrected chi connectivity index (χ0v) is 21.5. The zero-order chi connectivity index (χ0) is 25.7. The minimum absolute atomic E-state index is 0.140. The highest BCUT2D eigenvalue weighted by Crippen LogP contribution is 2.32. The maximum atomic E-state index is 14.1. The van der Waals surface area contributed by atoms with Gasteiger partial charge in [-0.25, -0.2) is 9.37 Å². The van der Waals surface area contributed by atoms with E-state index in [1.54, 1.807) is 12.1 Å². The quantitative estimate of drug-likeness (QED) is 0.501. The Bertz CT molecular complexity index is 1180. The number of halogens is 1. The van der Waals surface area contributed by atoms with Crippen LogP contribution in [0, 0.1) is 5.82 Å². The maximum absolute atomic E-state index is 14.1. The summed E-state index contributed by atoms with van der Waals surface area (Å²) in [5, 5.41) is 2.98. The molecular formula is C28H35FN4O3. The van der Waals surface area contributed by atoms with Crippen LogP contribution < -0.4 is 10.1 Å². The number of methoxy groups -OCH3 is 1. The lowest BCUT2D eigenvalue weighted by Crippen LogP contribution is -2.44. The summed E-state index contributed by atoms with van der Waals surface area (Å²) in [5.41, 5.74) is 2.93. The summed E-state index contributed by atoms with van der Waals surface area (Å²) in [7, 11) is 1.43. The standard InChI is InChI=1S/C28H35FN4O3/c1-20(34)31-28(2,3)33-19-25(30-27(33)23-10-11-24(29)26(18-23)35-4)22-8-6-21(7-9-22)12-14-32-13-5-16-36-17-15-32/h6-11,18-19H,5,12-17H2,1-4H3,(H,31,34). The molecule has 0 unspecified atom stereocenters. The summed E-state index contributed by atoms with van der Waals surface area (Å²) in [6.45, 7) is 10.0. The van der Waals surface area contributed by atoms with Gasteiger partial charge in [-0.1, -0.05) is 24.3 Å². The predicted molar refractivity (Wildman–Crippen MR) is 138 cm³/mol. The number of aromatic nitrogens is 2. The summed E-state index contributed by atoms with van der Waals surface area (Å²) in [4.78, 5) is 19.3. The molecule has 0 aliphatic carbocycles. The van der Waals surface area contributed by atoms with Crippen molar-refractivity contribution in [2.45, 2.75) is 39.3 Å². The van der Waals surface area contributed by atoms with E-state index in [2.05, 4.69) is 34.5 Å². The SMILES string of the molecule is COc1cc(-c2nc(-c3ccc(CCN4CCCOCC4)cc3)cn2C(C)(C)NC(C)=O)ccc1F. The highest BCUT2D eigenvalue weighted by atomic mass is 19.1. The first-order valence-corrected chi connectivity index (χ1v) is 12.4. The van der Waals surface area contributed by atoms with E-state index in [4.69, 9.17) is 14.5 Å². The average Bonchev–Trinajstić information content (AvgIpc) is 3.14. The molecule has 7 nitrogen and oxygen atoms in total. The predicted octanol–water partition coefficient (Wildman–Crippen LogP) is 4.46. The molecular weight excluding hydrogens is 459 g/mol. The monoisotopic (exact) mass is 494 g/mol. The van der Waals surface area contributed by atoms with Crippen molar-refractivity contribution in [1.82, 2.24) is 19.8 Å². The molecule has 1 amide bonds. The van der Waals surface area contributed by atoms with Gasteiger partial charge in [0.25, 0.3) is 0 Å². The van der Waals surface area contributed by atoms with Crippen LogP contribution in [0.3, 0.4) is 0 Å². The zero-order valence-electron chi connectivity index (χ0n) is 21.5. The third kappa shape index (κ3) is 6.12. The number of imidazole rings is 1. The third-order valence-corrected chi connectivity index (χ3v) is 6.48. The lowest BCUT2D eigenvalue weighted by Gasteiger charge is -2.29. The van der Waals surface area contributed by atoms with Crippen LogP contribution in [0.2, 0.25) is 0 Å². The van der Waals surface area contributed by atoms with Crippen LogP contribution in [0.25, 0.3) is 22.6 Å². The Labute approximate surface area is 212 Å². The van der Waals surface area contributed by atoms with E-state index < -0.39 is 11.5 Å². The fourth-order valence-corrected chi connectivity index (χ4v) is 4.59. The maximum Gasteiger partial charge on any atom is 0.218 e. The number of amides is 1. The van der Waals surface area contributed by atoms with Gasteiger partial charge in [0.1, 0.15) is 11.5 Å². The Morgan fingerprint density at radius 3 is 2.61 bits per heavy atom. The Morgan fingerprint density at radius 1 is 1.14 bits per heavy atom. The minimum Gasteiger partial charge on any atom is -0.494 e. The van der Waals surface area contributed by atoms with Gasteiger partial charge in [0.15, 0.2) is 11.6 Å². The van der Waals surface area contributed by atoms with E-state index in [1.807, 2.05) is 24.6 Å². The number of rotatable bonds is 8. The number of nitrogens with one attached hydrogen (secondary N) is 1. The average molecular weight is 495 g/mol. The van der Waals surface area contributed by atoms with Crippen molar-refractivity contribution in [1.29, 1.82) is 0 Å². The number of ether oxygens (including phenoxy) is 2. The van der Waals surface area contributed by atoms with E-state index in [1.165, 1.54) is 25.7 Å². The van der Waals surface area contributed by atoms with Gasteiger partial charge in [0.2, 0.25) is 5.91 Å². The molecule has 3 aromatic rings.